The van der Waals surface area contributed by atoms with Crippen molar-refractivity contribution in [2.24, 2.45) is 0 Å². The molecule has 0 spiro atoms. The number of benzene rings is 2. The van der Waals surface area contributed by atoms with Crippen molar-refractivity contribution in [2.45, 2.75) is 56.1 Å². The first-order valence-electron chi connectivity index (χ1n) is 11.3. The number of imidazole rings is 1. The van der Waals surface area contributed by atoms with Crippen molar-refractivity contribution in [3.63, 3.8) is 0 Å². The van der Waals surface area contributed by atoms with E-state index in [-0.39, 0.29) is 23.4 Å². The van der Waals surface area contributed by atoms with Crippen LogP contribution in [0.2, 0.25) is 0 Å². The summed E-state index contributed by atoms with van der Waals surface area (Å²) in [5.74, 6) is 0.850. The van der Waals surface area contributed by atoms with Crippen LogP contribution in [0.5, 0.6) is 5.75 Å². The number of rotatable bonds is 7. The smallest absolute Gasteiger partial charge is 0.271 e. The molecule has 0 aliphatic heterocycles. The van der Waals surface area contributed by atoms with Gasteiger partial charge in [0, 0.05) is 18.2 Å². The van der Waals surface area contributed by atoms with Crippen LogP contribution in [0.1, 0.15) is 44.9 Å². The molecule has 8 nitrogen and oxygen atoms in total. The zero-order chi connectivity index (χ0) is 23.2. The third kappa shape index (κ3) is 5.47. The molecule has 1 heterocycles. The first-order chi connectivity index (χ1) is 16.1. The maximum Gasteiger partial charge on any atom is 0.271 e. The van der Waals surface area contributed by atoms with Gasteiger partial charge in [0.1, 0.15) is 5.75 Å². The van der Waals surface area contributed by atoms with Crippen LogP contribution >= 0.6 is 11.8 Å². The fourth-order valence-corrected chi connectivity index (χ4v) is 5.14. The average molecular weight is 469 g/mol. The Balaban J connectivity index is 1.60. The SMILES string of the molecule is COc1ccccc1-n1c(SCC(=O)NC2CCCCCCC2)nc2cc([N+](=O)[O-])ccc21. The minimum atomic E-state index is -0.434. The number of nitrogens with zero attached hydrogens (tertiary/aromatic N) is 3. The van der Waals surface area contributed by atoms with Crippen molar-refractivity contribution in [1.82, 2.24) is 14.9 Å². The topological polar surface area (TPSA) is 99.3 Å². The number of methoxy groups -OCH3 is 1. The van der Waals surface area contributed by atoms with Crippen molar-refractivity contribution in [3.05, 3.63) is 52.6 Å². The summed E-state index contributed by atoms with van der Waals surface area (Å²) < 4.78 is 7.43. The summed E-state index contributed by atoms with van der Waals surface area (Å²) in [7, 11) is 1.60. The standard InChI is InChI=1S/C24H28N4O4S/c1-32-22-12-8-7-11-21(22)27-20-14-13-18(28(30)31)15-19(20)26-24(27)33-16-23(29)25-17-9-5-3-2-4-6-10-17/h7-8,11-15,17H,2-6,9-10,16H2,1H3,(H,25,29). The number of aromatic nitrogens is 2. The number of nitro groups is 1. The van der Waals surface area contributed by atoms with Crippen LogP contribution < -0.4 is 10.1 Å². The highest BCUT2D eigenvalue weighted by Crippen LogP contribution is 2.33. The van der Waals surface area contributed by atoms with Gasteiger partial charge in [0.15, 0.2) is 5.16 Å². The van der Waals surface area contributed by atoms with E-state index < -0.39 is 4.92 Å². The lowest BCUT2D eigenvalue weighted by atomic mass is 9.97. The minimum Gasteiger partial charge on any atom is -0.495 e. The number of para-hydroxylation sites is 2. The maximum atomic E-state index is 12.7. The molecule has 33 heavy (non-hydrogen) atoms. The number of thioether (sulfide) groups is 1. The maximum absolute atomic E-state index is 12.7. The molecule has 1 amide bonds. The van der Waals surface area contributed by atoms with E-state index in [0.29, 0.717) is 21.9 Å². The zero-order valence-electron chi connectivity index (χ0n) is 18.7. The number of carbonyl (C=O) groups is 1. The van der Waals surface area contributed by atoms with E-state index in [1.54, 1.807) is 13.2 Å². The number of fused-ring (bicyclic) bond motifs is 1. The molecule has 1 aliphatic rings. The molecule has 1 aliphatic carbocycles. The molecule has 4 rings (SSSR count). The van der Waals surface area contributed by atoms with Gasteiger partial charge in [-0.15, -0.1) is 0 Å². The highest BCUT2D eigenvalue weighted by molar-refractivity contribution is 7.99. The van der Waals surface area contributed by atoms with E-state index in [2.05, 4.69) is 10.3 Å². The van der Waals surface area contributed by atoms with Gasteiger partial charge in [-0.2, -0.15) is 0 Å². The number of nitro benzene ring substituents is 1. The van der Waals surface area contributed by atoms with Crippen LogP contribution in [-0.2, 0) is 4.79 Å². The predicted molar refractivity (Wildman–Crippen MR) is 129 cm³/mol. The van der Waals surface area contributed by atoms with Crippen molar-refractivity contribution in [1.29, 1.82) is 0 Å². The lowest BCUT2D eigenvalue weighted by Crippen LogP contribution is -2.36. The first kappa shape index (κ1) is 23.1. The van der Waals surface area contributed by atoms with Crippen LogP contribution in [0.25, 0.3) is 16.7 Å². The number of carbonyl (C=O) groups excluding carboxylic acids is 1. The van der Waals surface area contributed by atoms with E-state index in [0.717, 1.165) is 31.4 Å². The van der Waals surface area contributed by atoms with Crippen molar-refractivity contribution in [3.8, 4) is 11.4 Å². The summed E-state index contributed by atoms with van der Waals surface area (Å²) in [4.78, 5) is 28.2. The molecule has 1 aromatic heterocycles. The Kier molecular flexibility index (Phi) is 7.49. The van der Waals surface area contributed by atoms with Crippen LogP contribution in [0.4, 0.5) is 5.69 Å². The second-order valence-corrected chi connectivity index (χ2v) is 9.17. The molecular weight excluding hydrogens is 440 g/mol. The van der Waals surface area contributed by atoms with Crippen LogP contribution in [0.3, 0.4) is 0 Å². The molecule has 174 valence electrons. The quantitative estimate of drug-likeness (QED) is 0.288. The second-order valence-electron chi connectivity index (χ2n) is 8.23. The van der Waals surface area contributed by atoms with Crippen molar-refractivity contribution >= 4 is 34.4 Å². The minimum absolute atomic E-state index is 0.0183. The number of hydrogen-bond donors (Lipinski definition) is 1. The first-order valence-corrected chi connectivity index (χ1v) is 12.3. The Labute approximate surface area is 196 Å². The third-order valence-corrected chi connectivity index (χ3v) is 6.89. The lowest BCUT2D eigenvalue weighted by molar-refractivity contribution is -0.384. The summed E-state index contributed by atoms with van der Waals surface area (Å²) in [6.45, 7) is 0. The molecule has 1 N–H and O–H groups in total. The highest BCUT2D eigenvalue weighted by Gasteiger charge is 2.20. The normalized spacial score (nSPS) is 15.1. The number of non-ortho nitro benzene ring substituents is 1. The monoisotopic (exact) mass is 468 g/mol. The van der Waals surface area contributed by atoms with E-state index in [1.807, 2.05) is 28.8 Å². The molecule has 0 saturated heterocycles. The van der Waals surface area contributed by atoms with Gasteiger partial charge in [-0.05, 0) is 31.0 Å². The summed E-state index contributed by atoms with van der Waals surface area (Å²) in [6, 6.07) is 12.4. The fourth-order valence-electron chi connectivity index (χ4n) is 4.30. The van der Waals surface area contributed by atoms with Gasteiger partial charge >= 0.3 is 0 Å². The van der Waals surface area contributed by atoms with Crippen LogP contribution in [0, 0.1) is 10.1 Å². The number of hydrogen-bond acceptors (Lipinski definition) is 6. The van der Waals surface area contributed by atoms with Crippen LogP contribution in [-0.4, -0.2) is 39.3 Å². The number of amides is 1. The van der Waals surface area contributed by atoms with E-state index >= 15 is 0 Å². The Morgan fingerprint density at radius 1 is 1.18 bits per heavy atom. The van der Waals surface area contributed by atoms with Crippen molar-refractivity contribution < 1.29 is 14.5 Å². The molecule has 1 fully saturated rings. The number of ether oxygens (including phenoxy) is 1. The number of nitrogens with one attached hydrogen (secondary N) is 1. The van der Waals surface area contributed by atoms with E-state index in [1.165, 1.54) is 43.2 Å². The average Bonchev–Trinajstić information content (AvgIpc) is 3.16. The van der Waals surface area contributed by atoms with Gasteiger partial charge in [-0.3, -0.25) is 19.5 Å². The molecule has 1 saturated carbocycles. The molecule has 0 radical (unpaired) electrons. The van der Waals surface area contributed by atoms with Gasteiger partial charge in [0.25, 0.3) is 5.69 Å². The molecule has 2 aromatic carbocycles. The van der Waals surface area contributed by atoms with E-state index in [9.17, 15) is 14.9 Å². The largest absolute Gasteiger partial charge is 0.495 e. The highest BCUT2D eigenvalue weighted by atomic mass is 32.2. The molecule has 9 heteroatoms. The fraction of sp³-hybridized carbons (Fsp3) is 0.417. The molecule has 3 aromatic rings. The molecule has 0 bridgehead atoms. The summed E-state index contributed by atoms with van der Waals surface area (Å²) in [5.41, 5.74) is 1.95. The van der Waals surface area contributed by atoms with Gasteiger partial charge in [-0.25, -0.2) is 4.98 Å². The predicted octanol–water partition coefficient (Wildman–Crippen LogP) is 5.26. The molecule has 0 unspecified atom stereocenters. The lowest BCUT2D eigenvalue weighted by Gasteiger charge is -2.21. The van der Waals surface area contributed by atoms with Gasteiger partial charge < -0.3 is 10.1 Å². The van der Waals surface area contributed by atoms with Crippen LogP contribution in [0.15, 0.2) is 47.6 Å². The van der Waals surface area contributed by atoms with Crippen molar-refractivity contribution in [2.75, 3.05) is 12.9 Å². The van der Waals surface area contributed by atoms with Gasteiger partial charge in [0.2, 0.25) is 5.91 Å². The second kappa shape index (κ2) is 10.7. The summed E-state index contributed by atoms with van der Waals surface area (Å²) >= 11 is 1.32. The zero-order valence-corrected chi connectivity index (χ0v) is 19.5. The summed E-state index contributed by atoms with van der Waals surface area (Å²) in [5, 5.41) is 15.0. The van der Waals surface area contributed by atoms with Gasteiger partial charge in [0.05, 0.1) is 34.5 Å². The summed E-state index contributed by atoms with van der Waals surface area (Å²) in [6.07, 6.45) is 8.11. The van der Waals surface area contributed by atoms with Gasteiger partial charge in [-0.1, -0.05) is 56.0 Å². The Bertz CT molecular complexity index is 1140. The Hall–Kier alpha value is -3.07. The van der Waals surface area contributed by atoms with E-state index in [4.69, 9.17) is 4.74 Å². The molecule has 0 atom stereocenters. The Morgan fingerprint density at radius 3 is 2.64 bits per heavy atom. The molecular formula is C24H28N4O4S. The Morgan fingerprint density at radius 2 is 1.91 bits per heavy atom. The third-order valence-electron chi connectivity index (χ3n) is 5.95.